The molecular formula is C13H22N2O2. The molecule has 4 heteroatoms. The number of hydrogen-bond donors (Lipinski definition) is 1. The summed E-state index contributed by atoms with van der Waals surface area (Å²) >= 11 is 0. The van der Waals surface area contributed by atoms with Gasteiger partial charge in [0.15, 0.2) is 11.6 Å². The van der Waals surface area contributed by atoms with Crippen molar-refractivity contribution in [2.45, 2.75) is 20.3 Å². The molecule has 0 bridgehead atoms. The van der Waals surface area contributed by atoms with Gasteiger partial charge in [-0.3, -0.25) is 0 Å². The number of pyridine rings is 1. The Balaban J connectivity index is 2.17. The van der Waals surface area contributed by atoms with E-state index in [1.807, 2.05) is 12.1 Å². The molecule has 1 aromatic rings. The van der Waals surface area contributed by atoms with Crippen LogP contribution in [-0.4, -0.2) is 31.9 Å². The van der Waals surface area contributed by atoms with Gasteiger partial charge in [-0.2, -0.15) is 0 Å². The Hall–Kier alpha value is -1.29. The Kier molecular flexibility index (Phi) is 6.40. The highest BCUT2D eigenvalue weighted by molar-refractivity contribution is 5.49. The average Bonchev–Trinajstić information content (AvgIpc) is 2.33. The molecular weight excluding hydrogens is 216 g/mol. The smallest absolute Gasteiger partial charge is 0.168 e. The average molecular weight is 238 g/mol. The molecule has 0 radical (unpaired) electrons. The maximum Gasteiger partial charge on any atom is 0.168 e. The van der Waals surface area contributed by atoms with Crippen LogP contribution in [0, 0.1) is 5.92 Å². The van der Waals surface area contributed by atoms with E-state index in [0.29, 0.717) is 5.92 Å². The van der Waals surface area contributed by atoms with E-state index in [1.165, 1.54) is 0 Å². The van der Waals surface area contributed by atoms with Gasteiger partial charge in [-0.1, -0.05) is 13.8 Å². The summed E-state index contributed by atoms with van der Waals surface area (Å²) in [5, 5.41) is 3.24. The molecule has 1 N–H and O–H groups in total. The summed E-state index contributed by atoms with van der Waals surface area (Å²) in [5.74, 6) is 2.16. The summed E-state index contributed by atoms with van der Waals surface area (Å²) in [5.41, 5.74) is 0. The maximum atomic E-state index is 5.50. The summed E-state index contributed by atoms with van der Waals surface area (Å²) < 4.78 is 10.7. The van der Waals surface area contributed by atoms with Gasteiger partial charge in [-0.25, -0.2) is 4.98 Å². The Bertz CT molecular complexity index is 316. The van der Waals surface area contributed by atoms with Crippen LogP contribution in [-0.2, 0) is 4.74 Å². The van der Waals surface area contributed by atoms with Crippen molar-refractivity contribution in [1.82, 2.24) is 4.98 Å². The number of aromatic nitrogens is 1. The van der Waals surface area contributed by atoms with Crippen molar-refractivity contribution >= 4 is 5.82 Å². The lowest BCUT2D eigenvalue weighted by Crippen LogP contribution is -2.09. The molecule has 0 aliphatic heterocycles. The number of ether oxygens (including phenoxy) is 2. The monoisotopic (exact) mass is 238 g/mol. The van der Waals surface area contributed by atoms with Gasteiger partial charge in [0.2, 0.25) is 0 Å². The van der Waals surface area contributed by atoms with Gasteiger partial charge in [0.1, 0.15) is 0 Å². The highest BCUT2D eigenvalue weighted by Gasteiger charge is 2.01. The zero-order valence-corrected chi connectivity index (χ0v) is 10.9. The first-order valence-corrected chi connectivity index (χ1v) is 6.04. The van der Waals surface area contributed by atoms with Crippen molar-refractivity contribution in [3.05, 3.63) is 18.3 Å². The molecule has 0 spiro atoms. The quantitative estimate of drug-likeness (QED) is 0.707. The van der Waals surface area contributed by atoms with Crippen LogP contribution >= 0.6 is 0 Å². The normalized spacial score (nSPS) is 10.6. The van der Waals surface area contributed by atoms with Crippen LogP contribution in [0.1, 0.15) is 20.3 Å². The minimum atomic E-state index is 0.596. The second kappa shape index (κ2) is 7.90. The molecule has 0 amide bonds. The summed E-state index contributed by atoms with van der Waals surface area (Å²) in [6.45, 7) is 6.74. The molecule has 0 aliphatic carbocycles. The molecule has 0 aliphatic rings. The van der Waals surface area contributed by atoms with Crippen LogP contribution in [0.25, 0.3) is 0 Å². The summed E-state index contributed by atoms with van der Waals surface area (Å²) in [6.07, 6.45) is 2.71. The van der Waals surface area contributed by atoms with E-state index in [-0.39, 0.29) is 0 Å². The predicted octanol–water partition coefficient (Wildman–Crippen LogP) is 2.56. The van der Waals surface area contributed by atoms with Gasteiger partial charge < -0.3 is 14.8 Å². The first kappa shape index (κ1) is 13.8. The second-order valence-corrected chi connectivity index (χ2v) is 4.30. The Morgan fingerprint density at radius 2 is 2.24 bits per heavy atom. The lowest BCUT2D eigenvalue weighted by molar-refractivity contribution is 0.110. The fourth-order valence-corrected chi connectivity index (χ4v) is 1.39. The van der Waals surface area contributed by atoms with Crippen LogP contribution < -0.4 is 10.1 Å². The highest BCUT2D eigenvalue weighted by atomic mass is 16.5. The van der Waals surface area contributed by atoms with Crippen LogP contribution in [0.3, 0.4) is 0 Å². The maximum absolute atomic E-state index is 5.50. The SMILES string of the molecule is COc1cccnc1NCCCOCC(C)C. The van der Waals surface area contributed by atoms with Crippen molar-refractivity contribution in [1.29, 1.82) is 0 Å². The van der Waals surface area contributed by atoms with Crippen LogP contribution in [0.4, 0.5) is 5.82 Å². The molecule has 0 aromatic carbocycles. The van der Waals surface area contributed by atoms with E-state index < -0.39 is 0 Å². The van der Waals surface area contributed by atoms with Gasteiger partial charge in [-0.15, -0.1) is 0 Å². The molecule has 1 aromatic heterocycles. The molecule has 0 saturated carbocycles. The van der Waals surface area contributed by atoms with Gasteiger partial charge in [0, 0.05) is 26.0 Å². The molecule has 0 saturated heterocycles. The number of anilines is 1. The molecule has 1 heterocycles. The van der Waals surface area contributed by atoms with E-state index in [4.69, 9.17) is 9.47 Å². The summed E-state index contributed by atoms with van der Waals surface area (Å²) in [4.78, 5) is 4.22. The number of nitrogens with zero attached hydrogens (tertiary/aromatic N) is 1. The first-order chi connectivity index (χ1) is 8.24. The lowest BCUT2D eigenvalue weighted by atomic mass is 10.2. The van der Waals surface area contributed by atoms with Gasteiger partial charge in [-0.05, 0) is 24.5 Å². The fourth-order valence-electron chi connectivity index (χ4n) is 1.39. The third-order valence-corrected chi connectivity index (χ3v) is 2.20. The van der Waals surface area contributed by atoms with Gasteiger partial charge in [0.25, 0.3) is 0 Å². The predicted molar refractivity (Wildman–Crippen MR) is 69.6 cm³/mol. The molecule has 0 unspecified atom stereocenters. The third-order valence-electron chi connectivity index (χ3n) is 2.20. The van der Waals surface area contributed by atoms with E-state index in [1.54, 1.807) is 13.3 Å². The fraction of sp³-hybridized carbons (Fsp3) is 0.615. The van der Waals surface area contributed by atoms with Crippen molar-refractivity contribution in [2.75, 3.05) is 32.2 Å². The van der Waals surface area contributed by atoms with Crippen molar-refractivity contribution in [3.8, 4) is 5.75 Å². The molecule has 0 atom stereocenters. The van der Waals surface area contributed by atoms with E-state index in [9.17, 15) is 0 Å². The number of nitrogens with one attached hydrogen (secondary N) is 1. The summed E-state index contributed by atoms with van der Waals surface area (Å²) in [6, 6.07) is 3.75. The largest absolute Gasteiger partial charge is 0.493 e. The van der Waals surface area contributed by atoms with Crippen LogP contribution in [0.2, 0.25) is 0 Å². The molecule has 96 valence electrons. The zero-order chi connectivity index (χ0) is 12.5. The third kappa shape index (κ3) is 5.54. The van der Waals surface area contributed by atoms with Crippen LogP contribution in [0.5, 0.6) is 5.75 Å². The molecule has 0 fully saturated rings. The standard InChI is InChI=1S/C13H22N2O2/c1-11(2)10-17-9-5-8-15-13-12(16-3)6-4-7-14-13/h4,6-7,11H,5,8-10H2,1-3H3,(H,14,15). The molecule has 4 nitrogen and oxygen atoms in total. The first-order valence-electron chi connectivity index (χ1n) is 6.04. The van der Waals surface area contributed by atoms with E-state index >= 15 is 0 Å². The zero-order valence-electron chi connectivity index (χ0n) is 10.9. The Morgan fingerprint density at radius 3 is 2.94 bits per heavy atom. The Labute approximate surface area is 103 Å². The topological polar surface area (TPSA) is 43.4 Å². The van der Waals surface area contributed by atoms with Crippen molar-refractivity contribution in [2.24, 2.45) is 5.92 Å². The van der Waals surface area contributed by atoms with E-state index in [2.05, 4.69) is 24.1 Å². The number of methoxy groups -OCH3 is 1. The minimum absolute atomic E-state index is 0.596. The lowest BCUT2D eigenvalue weighted by Gasteiger charge is -2.10. The number of hydrogen-bond acceptors (Lipinski definition) is 4. The van der Waals surface area contributed by atoms with E-state index in [0.717, 1.165) is 37.7 Å². The van der Waals surface area contributed by atoms with Gasteiger partial charge >= 0.3 is 0 Å². The highest BCUT2D eigenvalue weighted by Crippen LogP contribution is 2.19. The second-order valence-electron chi connectivity index (χ2n) is 4.30. The molecule has 1 rings (SSSR count). The van der Waals surface area contributed by atoms with Gasteiger partial charge in [0.05, 0.1) is 7.11 Å². The summed E-state index contributed by atoms with van der Waals surface area (Å²) in [7, 11) is 1.65. The number of rotatable bonds is 8. The minimum Gasteiger partial charge on any atom is -0.493 e. The van der Waals surface area contributed by atoms with Crippen molar-refractivity contribution in [3.63, 3.8) is 0 Å². The molecule has 17 heavy (non-hydrogen) atoms. The van der Waals surface area contributed by atoms with Crippen molar-refractivity contribution < 1.29 is 9.47 Å². The Morgan fingerprint density at radius 1 is 1.41 bits per heavy atom. The van der Waals surface area contributed by atoms with Crippen LogP contribution in [0.15, 0.2) is 18.3 Å².